The first kappa shape index (κ1) is 13.3. The molecule has 1 N–H and O–H groups in total. The molecule has 1 atom stereocenters. The molecule has 0 radical (unpaired) electrons. The van der Waals surface area contributed by atoms with Gasteiger partial charge in [-0.3, -0.25) is 4.99 Å². The monoisotopic (exact) mass is 282 g/mol. The third-order valence-electron chi connectivity index (χ3n) is 3.37. The molecule has 1 unspecified atom stereocenters. The largest absolute Gasteiger partial charge is 0.357 e. The van der Waals surface area contributed by atoms with Gasteiger partial charge in [-0.15, -0.1) is 0 Å². The van der Waals surface area contributed by atoms with E-state index in [-0.39, 0.29) is 0 Å². The minimum atomic E-state index is 0.387. The molecule has 3 rings (SSSR count). The lowest BCUT2D eigenvalue weighted by molar-refractivity contribution is 0.748. The maximum Gasteiger partial charge on any atom is 0.157 e. The second-order valence-corrected chi connectivity index (χ2v) is 6.04. The number of thioether (sulfide) groups is 1. The number of hydrogen-bond donors (Lipinski definition) is 1. The van der Waals surface area contributed by atoms with Crippen molar-refractivity contribution in [2.45, 2.75) is 19.5 Å². The summed E-state index contributed by atoms with van der Waals surface area (Å²) in [5.41, 5.74) is 3.89. The Morgan fingerprint density at radius 1 is 1.15 bits per heavy atom. The minimum Gasteiger partial charge on any atom is -0.357 e. The molecule has 1 fully saturated rings. The van der Waals surface area contributed by atoms with Crippen molar-refractivity contribution in [1.82, 2.24) is 5.32 Å². The molecule has 1 aliphatic rings. The van der Waals surface area contributed by atoms with Crippen LogP contribution in [0.25, 0.3) is 0 Å². The molecule has 1 heterocycles. The Morgan fingerprint density at radius 3 is 2.80 bits per heavy atom. The normalized spacial score (nSPS) is 20.1. The maximum atomic E-state index is 4.68. The lowest BCUT2D eigenvalue weighted by Crippen LogP contribution is -2.19. The molecule has 0 bridgehead atoms. The highest BCUT2D eigenvalue weighted by Gasteiger charge is 2.21. The molecule has 0 spiro atoms. The Bertz CT molecular complexity index is 607. The van der Waals surface area contributed by atoms with E-state index in [1.165, 1.54) is 16.7 Å². The van der Waals surface area contributed by atoms with Gasteiger partial charge in [-0.1, -0.05) is 71.9 Å². The van der Waals surface area contributed by atoms with Gasteiger partial charge in [-0.25, -0.2) is 0 Å². The third-order valence-corrected chi connectivity index (χ3v) is 4.39. The van der Waals surface area contributed by atoms with Gasteiger partial charge in [-0.05, 0) is 18.1 Å². The smallest absolute Gasteiger partial charge is 0.157 e. The quantitative estimate of drug-likeness (QED) is 0.922. The molecule has 2 nitrogen and oxygen atoms in total. The number of benzene rings is 2. The zero-order valence-electron chi connectivity index (χ0n) is 11.5. The van der Waals surface area contributed by atoms with Crippen LogP contribution in [0.15, 0.2) is 59.6 Å². The molecule has 2 aromatic carbocycles. The van der Waals surface area contributed by atoms with Gasteiger partial charge in [0.05, 0.1) is 12.6 Å². The van der Waals surface area contributed by atoms with Crippen LogP contribution < -0.4 is 5.32 Å². The van der Waals surface area contributed by atoms with E-state index in [2.05, 4.69) is 71.8 Å². The van der Waals surface area contributed by atoms with Crippen LogP contribution in [0.5, 0.6) is 0 Å². The van der Waals surface area contributed by atoms with Gasteiger partial charge in [0, 0.05) is 5.75 Å². The van der Waals surface area contributed by atoms with Crippen molar-refractivity contribution < 1.29 is 0 Å². The fourth-order valence-electron chi connectivity index (χ4n) is 2.32. The van der Waals surface area contributed by atoms with Crippen molar-refractivity contribution in [2.75, 3.05) is 5.75 Å². The highest BCUT2D eigenvalue weighted by Crippen LogP contribution is 2.26. The average Bonchev–Trinajstić information content (AvgIpc) is 2.95. The summed E-state index contributed by atoms with van der Waals surface area (Å²) in [6, 6.07) is 19.5. The standard InChI is InChI=1S/C17H18N2S/c1-13-6-5-7-14(10-13)11-18-17-19-16(12-20-17)15-8-3-2-4-9-15/h2-10,16H,11-12H2,1H3,(H,18,19). The molecule has 1 saturated heterocycles. The second-order valence-electron chi connectivity index (χ2n) is 5.03. The minimum absolute atomic E-state index is 0.387. The number of aryl methyl sites for hydroxylation is 1. The summed E-state index contributed by atoms with van der Waals surface area (Å²) in [4.78, 5) is 4.68. The van der Waals surface area contributed by atoms with E-state index in [1.807, 2.05) is 11.8 Å². The molecule has 0 amide bonds. The third kappa shape index (κ3) is 3.23. The van der Waals surface area contributed by atoms with Crippen LogP contribution in [0.3, 0.4) is 0 Å². The number of nitrogens with zero attached hydrogens (tertiary/aromatic N) is 1. The number of aliphatic imine (C=N–C) groups is 1. The first-order valence-corrected chi connectivity index (χ1v) is 7.84. The van der Waals surface area contributed by atoms with Gasteiger partial charge in [0.15, 0.2) is 5.17 Å². The topological polar surface area (TPSA) is 24.4 Å². The molecule has 3 heteroatoms. The summed E-state index contributed by atoms with van der Waals surface area (Å²) in [6.07, 6.45) is 0. The fraction of sp³-hybridized carbons (Fsp3) is 0.235. The Kier molecular flexibility index (Phi) is 4.07. The van der Waals surface area contributed by atoms with E-state index in [1.54, 1.807) is 0 Å². The summed E-state index contributed by atoms with van der Waals surface area (Å²) in [6.45, 7) is 2.86. The highest BCUT2D eigenvalue weighted by molar-refractivity contribution is 8.14. The van der Waals surface area contributed by atoms with Gasteiger partial charge < -0.3 is 5.32 Å². The Balaban J connectivity index is 1.64. The summed E-state index contributed by atoms with van der Waals surface area (Å²) >= 11 is 1.81. The molecular weight excluding hydrogens is 264 g/mol. The van der Waals surface area contributed by atoms with Crippen LogP contribution in [0.4, 0.5) is 0 Å². The lowest BCUT2D eigenvalue weighted by atomic mass is 10.1. The molecule has 2 aromatic rings. The summed E-state index contributed by atoms with van der Waals surface area (Å²) in [5.74, 6) is 1.05. The van der Waals surface area contributed by atoms with Crippen LogP contribution in [0, 0.1) is 6.92 Å². The summed E-state index contributed by atoms with van der Waals surface area (Å²) in [7, 11) is 0. The summed E-state index contributed by atoms with van der Waals surface area (Å²) < 4.78 is 0. The summed E-state index contributed by atoms with van der Waals surface area (Å²) in [5, 5.41) is 4.56. The molecular formula is C17H18N2S. The van der Waals surface area contributed by atoms with Crippen molar-refractivity contribution >= 4 is 16.9 Å². The van der Waals surface area contributed by atoms with Gasteiger partial charge in [0.1, 0.15) is 0 Å². The van der Waals surface area contributed by atoms with Gasteiger partial charge >= 0.3 is 0 Å². The van der Waals surface area contributed by atoms with Crippen LogP contribution >= 0.6 is 11.8 Å². The van der Waals surface area contributed by atoms with Crippen molar-refractivity contribution in [3.63, 3.8) is 0 Å². The second kappa shape index (κ2) is 6.14. The fourth-order valence-corrected chi connectivity index (χ4v) is 3.31. The van der Waals surface area contributed by atoms with Gasteiger partial charge in [0.2, 0.25) is 0 Å². The first-order chi connectivity index (χ1) is 9.81. The van der Waals surface area contributed by atoms with E-state index >= 15 is 0 Å². The SMILES string of the molecule is Cc1cccc(CN=C2NC(c3ccccc3)CS2)c1. The van der Waals surface area contributed by atoms with Crippen LogP contribution in [-0.4, -0.2) is 10.9 Å². The first-order valence-electron chi connectivity index (χ1n) is 6.85. The van der Waals surface area contributed by atoms with E-state index in [0.717, 1.165) is 17.5 Å². The Labute approximate surface area is 124 Å². The van der Waals surface area contributed by atoms with E-state index in [0.29, 0.717) is 6.04 Å². The number of nitrogens with one attached hydrogen (secondary N) is 1. The number of hydrogen-bond acceptors (Lipinski definition) is 2. The zero-order chi connectivity index (χ0) is 13.8. The molecule has 0 aliphatic carbocycles. The van der Waals surface area contributed by atoms with E-state index < -0.39 is 0 Å². The highest BCUT2D eigenvalue weighted by atomic mass is 32.2. The number of amidine groups is 1. The Hall–Kier alpha value is -1.74. The van der Waals surface area contributed by atoms with Crippen molar-refractivity contribution in [1.29, 1.82) is 0 Å². The zero-order valence-corrected chi connectivity index (χ0v) is 12.4. The van der Waals surface area contributed by atoms with Crippen LogP contribution in [0.1, 0.15) is 22.7 Å². The van der Waals surface area contributed by atoms with E-state index in [9.17, 15) is 0 Å². The molecule has 0 saturated carbocycles. The molecule has 0 aromatic heterocycles. The average molecular weight is 282 g/mol. The molecule has 102 valence electrons. The lowest BCUT2D eigenvalue weighted by Gasteiger charge is -2.09. The van der Waals surface area contributed by atoms with Crippen molar-refractivity contribution in [3.05, 3.63) is 71.3 Å². The number of rotatable bonds is 3. The van der Waals surface area contributed by atoms with Crippen LogP contribution in [-0.2, 0) is 6.54 Å². The van der Waals surface area contributed by atoms with Crippen LogP contribution in [0.2, 0.25) is 0 Å². The van der Waals surface area contributed by atoms with Gasteiger partial charge in [-0.2, -0.15) is 0 Å². The Morgan fingerprint density at radius 2 is 2.00 bits per heavy atom. The van der Waals surface area contributed by atoms with Crippen molar-refractivity contribution in [3.8, 4) is 0 Å². The molecule has 1 aliphatic heterocycles. The van der Waals surface area contributed by atoms with E-state index in [4.69, 9.17) is 0 Å². The van der Waals surface area contributed by atoms with Gasteiger partial charge in [0.25, 0.3) is 0 Å². The van der Waals surface area contributed by atoms with Crippen molar-refractivity contribution in [2.24, 2.45) is 4.99 Å². The maximum absolute atomic E-state index is 4.68. The predicted octanol–water partition coefficient (Wildman–Crippen LogP) is 3.93. The predicted molar refractivity (Wildman–Crippen MR) is 87.1 cm³/mol. The molecule has 20 heavy (non-hydrogen) atoms.